The second-order valence-corrected chi connectivity index (χ2v) is 8.91. The van der Waals surface area contributed by atoms with Gasteiger partial charge >= 0.3 is 0 Å². The molecule has 0 bridgehead atoms. The van der Waals surface area contributed by atoms with Crippen molar-refractivity contribution >= 4 is 17.5 Å². The number of amides is 1. The van der Waals surface area contributed by atoms with Gasteiger partial charge in [-0.1, -0.05) is 18.6 Å². The highest BCUT2D eigenvalue weighted by Gasteiger charge is 2.24. The third-order valence-corrected chi connectivity index (χ3v) is 5.80. The van der Waals surface area contributed by atoms with Gasteiger partial charge in [0.2, 0.25) is 5.91 Å². The van der Waals surface area contributed by atoms with E-state index in [2.05, 4.69) is 5.32 Å². The zero-order chi connectivity index (χ0) is 27.3. The van der Waals surface area contributed by atoms with Crippen molar-refractivity contribution in [3.05, 3.63) is 29.8 Å². The number of hydrogen-bond acceptors (Lipinski definition) is 9. The Balaban J connectivity index is 2.30. The first kappa shape index (κ1) is 32.7. The smallest absolute Gasteiger partial charge is 0.246 e. The second-order valence-electron chi connectivity index (χ2n) is 8.91. The fourth-order valence-corrected chi connectivity index (χ4v) is 3.70. The first-order valence-corrected chi connectivity index (χ1v) is 13.2. The molecule has 1 aromatic rings. The van der Waals surface area contributed by atoms with Crippen molar-refractivity contribution < 1.29 is 33.7 Å². The van der Waals surface area contributed by atoms with Gasteiger partial charge in [-0.25, -0.2) is 0 Å². The average molecular weight is 524 g/mol. The molecule has 0 radical (unpaired) electrons. The number of nitrogens with two attached hydrogens (primary N) is 2. The number of carbonyl (C=O) groups is 3. The molecule has 10 nitrogen and oxygen atoms in total. The summed E-state index contributed by atoms with van der Waals surface area (Å²) in [7, 11) is 0. The largest absolute Gasteiger partial charge is 0.508 e. The Labute approximate surface area is 220 Å². The topological polar surface area (TPSA) is 163 Å². The summed E-state index contributed by atoms with van der Waals surface area (Å²) in [5, 5.41) is 12.1. The molecule has 0 aromatic heterocycles. The van der Waals surface area contributed by atoms with Crippen LogP contribution in [0.25, 0.3) is 0 Å². The molecule has 1 rings (SSSR count). The van der Waals surface area contributed by atoms with Crippen LogP contribution in [0.1, 0.15) is 51.0 Å². The van der Waals surface area contributed by atoms with Gasteiger partial charge < -0.3 is 36.1 Å². The van der Waals surface area contributed by atoms with Gasteiger partial charge in [0.1, 0.15) is 18.1 Å². The summed E-state index contributed by atoms with van der Waals surface area (Å²) in [5.74, 6) is -0.541. The van der Waals surface area contributed by atoms with Crippen LogP contribution in [-0.2, 0) is 35.0 Å². The Bertz CT molecular complexity index is 774. The molecule has 0 spiro atoms. The molecule has 2 atom stereocenters. The van der Waals surface area contributed by atoms with E-state index in [9.17, 15) is 19.5 Å². The minimum absolute atomic E-state index is 0.0331. The number of phenols is 1. The summed E-state index contributed by atoms with van der Waals surface area (Å²) in [6, 6.07) is 5.88. The Kier molecular flexibility index (Phi) is 18.2. The molecule has 37 heavy (non-hydrogen) atoms. The number of phenolic OH excluding ortho intramolecular Hbond substituents is 1. The van der Waals surface area contributed by atoms with Crippen LogP contribution < -0.4 is 16.8 Å². The van der Waals surface area contributed by atoms with E-state index in [0.717, 1.165) is 18.4 Å². The van der Waals surface area contributed by atoms with Gasteiger partial charge in [-0.15, -0.1) is 0 Å². The van der Waals surface area contributed by atoms with Gasteiger partial charge in [0, 0.05) is 38.5 Å². The number of rotatable bonds is 23. The fraction of sp³-hybridized carbons (Fsp3) is 0.667. The minimum atomic E-state index is -0.704. The highest BCUT2D eigenvalue weighted by Crippen LogP contribution is 2.19. The number of ketones is 2. The van der Waals surface area contributed by atoms with Crippen LogP contribution in [0.2, 0.25) is 0 Å². The number of aromatic hydroxyl groups is 1. The van der Waals surface area contributed by atoms with E-state index in [0.29, 0.717) is 65.2 Å². The van der Waals surface area contributed by atoms with Gasteiger partial charge in [0.25, 0.3) is 0 Å². The van der Waals surface area contributed by atoms with E-state index in [1.165, 1.54) is 0 Å². The van der Waals surface area contributed by atoms with Crippen molar-refractivity contribution in [2.24, 2.45) is 17.4 Å². The van der Waals surface area contributed by atoms with Crippen molar-refractivity contribution in [1.29, 1.82) is 0 Å². The summed E-state index contributed by atoms with van der Waals surface area (Å²) in [5.41, 5.74) is 12.6. The van der Waals surface area contributed by atoms with Gasteiger partial charge in [-0.05, 0) is 56.8 Å². The molecule has 0 fully saturated rings. The van der Waals surface area contributed by atoms with E-state index < -0.39 is 6.04 Å². The number of Topliss-reactive ketones (excluding diaryl/α,β-unsaturated/α-hetero) is 2. The fourth-order valence-electron chi connectivity index (χ4n) is 3.70. The van der Waals surface area contributed by atoms with Crippen LogP contribution in [0.4, 0.5) is 0 Å². The number of hydrogen-bond donors (Lipinski definition) is 4. The van der Waals surface area contributed by atoms with Crippen LogP contribution in [-0.4, -0.2) is 81.4 Å². The van der Waals surface area contributed by atoms with Crippen molar-refractivity contribution in [3.63, 3.8) is 0 Å². The first-order chi connectivity index (χ1) is 17.9. The Morgan fingerprint density at radius 2 is 1.68 bits per heavy atom. The van der Waals surface area contributed by atoms with Crippen LogP contribution in [0.3, 0.4) is 0 Å². The SMILES string of the molecule is CCOCCNC(=O)COCCOCCCC(=O)[C@H](CCCCN)CC(=O)[C@@H](N)Cc1ccc(O)cc1. The molecule has 0 aliphatic heterocycles. The molecule has 6 N–H and O–H groups in total. The highest BCUT2D eigenvalue weighted by atomic mass is 16.5. The number of carbonyl (C=O) groups excluding carboxylic acids is 3. The van der Waals surface area contributed by atoms with Gasteiger partial charge in [-0.2, -0.15) is 0 Å². The minimum Gasteiger partial charge on any atom is -0.508 e. The summed E-state index contributed by atoms with van der Waals surface area (Å²) in [6.45, 7) is 4.91. The van der Waals surface area contributed by atoms with Crippen molar-refractivity contribution in [3.8, 4) is 5.75 Å². The van der Waals surface area contributed by atoms with Crippen molar-refractivity contribution in [1.82, 2.24) is 5.32 Å². The summed E-state index contributed by atoms with van der Waals surface area (Å²) >= 11 is 0. The maximum atomic E-state index is 12.8. The van der Waals surface area contributed by atoms with Crippen LogP contribution in [0.15, 0.2) is 24.3 Å². The summed E-state index contributed by atoms with van der Waals surface area (Å²) < 4.78 is 15.9. The molecule has 1 aromatic carbocycles. The summed E-state index contributed by atoms with van der Waals surface area (Å²) in [4.78, 5) is 37.2. The number of benzene rings is 1. The predicted octanol–water partition coefficient (Wildman–Crippen LogP) is 1.50. The lowest BCUT2D eigenvalue weighted by Crippen LogP contribution is -2.35. The van der Waals surface area contributed by atoms with Crippen molar-refractivity contribution in [2.45, 2.75) is 57.9 Å². The Morgan fingerprint density at radius 3 is 2.38 bits per heavy atom. The average Bonchev–Trinajstić information content (AvgIpc) is 2.88. The zero-order valence-electron chi connectivity index (χ0n) is 22.1. The normalized spacial score (nSPS) is 12.7. The van der Waals surface area contributed by atoms with Crippen LogP contribution in [0, 0.1) is 5.92 Å². The van der Waals surface area contributed by atoms with E-state index in [1.54, 1.807) is 24.3 Å². The molecule has 0 saturated heterocycles. The third kappa shape index (κ3) is 16.2. The number of nitrogens with one attached hydrogen (secondary N) is 1. The lowest BCUT2D eigenvalue weighted by Gasteiger charge is -2.18. The Hall–Kier alpha value is -2.37. The predicted molar refractivity (Wildman–Crippen MR) is 141 cm³/mol. The molecular weight excluding hydrogens is 478 g/mol. The summed E-state index contributed by atoms with van der Waals surface area (Å²) in [6.07, 6.45) is 3.51. The molecule has 0 aliphatic rings. The molecular formula is C27H45N3O7. The number of ether oxygens (including phenoxy) is 3. The van der Waals surface area contributed by atoms with Gasteiger partial charge in [0.15, 0.2) is 5.78 Å². The molecule has 210 valence electrons. The van der Waals surface area contributed by atoms with E-state index in [-0.39, 0.29) is 48.8 Å². The van der Waals surface area contributed by atoms with E-state index in [1.807, 2.05) is 6.92 Å². The monoisotopic (exact) mass is 523 g/mol. The van der Waals surface area contributed by atoms with Crippen LogP contribution in [0.5, 0.6) is 5.75 Å². The third-order valence-electron chi connectivity index (χ3n) is 5.80. The maximum Gasteiger partial charge on any atom is 0.246 e. The first-order valence-electron chi connectivity index (χ1n) is 13.2. The molecule has 0 unspecified atom stereocenters. The van der Waals surface area contributed by atoms with Gasteiger partial charge in [0.05, 0.1) is 25.9 Å². The quantitative estimate of drug-likeness (QED) is 0.156. The lowest BCUT2D eigenvalue weighted by molar-refractivity contribution is -0.129. The zero-order valence-corrected chi connectivity index (χ0v) is 22.1. The lowest BCUT2D eigenvalue weighted by atomic mass is 9.87. The molecule has 10 heteroatoms. The standard InChI is InChI=1S/C27H45N3O7/c1-2-35-15-13-30-27(34)20-37-17-16-36-14-5-7-25(32)22(6-3-4-12-28)19-26(33)24(29)18-21-8-10-23(31)11-9-21/h8-11,22,24,31H,2-7,12-20,28-29H2,1H3,(H,30,34)/t22-,24+/m1/s1. The Morgan fingerprint density at radius 1 is 0.946 bits per heavy atom. The molecule has 0 aliphatic carbocycles. The second kappa shape index (κ2) is 20.7. The molecule has 0 heterocycles. The van der Waals surface area contributed by atoms with E-state index in [4.69, 9.17) is 25.7 Å². The highest BCUT2D eigenvalue weighted by molar-refractivity contribution is 5.90. The molecule has 1 amide bonds. The molecule has 0 saturated carbocycles. The number of unbranched alkanes of at least 4 members (excludes halogenated alkanes) is 1. The van der Waals surface area contributed by atoms with E-state index >= 15 is 0 Å². The maximum absolute atomic E-state index is 12.8. The van der Waals surface area contributed by atoms with Crippen LogP contribution >= 0.6 is 0 Å². The van der Waals surface area contributed by atoms with Crippen molar-refractivity contribution in [2.75, 3.05) is 52.7 Å². The van der Waals surface area contributed by atoms with Gasteiger partial charge in [-0.3, -0.25) is 14.4 Å².